The largest absolute Gasteiger partial charge is 0.497 e. The van der Waals surface area contributed by atoms with E-state index in [4.69, 9.17) is 25.8 Å². The molecule has 0 aliphatic rings. The van der Waals surface area contributed by atoms with Gasteiger partial charge in [-0.3, -0.25) is 4.79 Å². The van der Waals surface area contributed by atoms with Gasteiger partial charge in [-0.05, 0) is 55.3 Å². The average Bonchev–Trinajstić information content (AvgIpc) is 2.67. The summed E-state index contributed by atoms with van der Waals surface area (Å²) >= 11 is 5.94. The number of methoxy groups -OCH3 is 1. The summed E-state index contributed by atoms with van der Waals surface area (Å²) < 4.78 is 15.5. The van der Waals surface area contributed by atoms with Gasteiger partial charge >= 0.3 is 5.97 Å². The maximum atomic E-state index is 12.1. The van der Waals surface area contributed by atoms with Crippen molar-refractivity contribution in [3.63, 3.8) is 0 Å². The number of hydrogen-bond acceptors (Lipinski definition) is 5. The van der Waals surface area contributed by atoms with Crippen molar-refractivity contribution in [2.75, 3.05) is 13.7 Å². The van der Waals surface area contributed by atoms with Crippen LogP contribution in [0.1, 0.15) is 18.1 Å². The molecule has 0 saturated heterocycles. The molecule has 0 unspecified atom stereocenters. The molecule has 2 aromatic carbocycles. The molecule has 1 amide bonds. The molecule has 0 aliphatic carbocycles. The van der Waals surface area contributed by atoms with Gasteiger partial charge in [-0.1, -0.05) is 23.7 Å². The number of ether oxygens (including phenoxy) is 3. The van der Waals surface area contributed by atoms with Gasteiger partial charge in [-0.2, -0.15) is 0 Å². The summed E-state index contributed by atoms with van der Waals surface area (Å²) in [7, 11) is 1.59. The van der Waals surface area contributed by atoms with Crippen molar-refractivity contribution >= 4 is 23.5 Å². The summed E-state index contributed by atoms with van der Waals surface area (Å²) in [5.41, 5.74) is 1.75. The Labute approximate surface area is 163 Å². The number of rotatable bonds is 8. The van der Waals surface area contributed by atoms with E-state index in [1.807, 2.05) is 19.1 Å². The number of carbonyl (C=O) groups is 2. The van der Waals surface area contributed by atoms with Gasteiger partial charge < -0.3 is 19.5 Å². The zero-order valence-electron chi connectivity index (χ0n) is 15.5. The summed E-state index contributed by atoms with van der Waals surface area (Å²) in [4.78, 5) is 23.9. The molecule has 0 bridgehead atoms. The quantitative estimate of drug-likeness (QED) is 0.699. The molecule has 0 spiro atoms. The van der Waals surface area contributed by atoms with Gasteiger partial charge in [0.1, 0.15) is 11.5 Å². The highest BCUT2D eigenvalue weighted by atomic mass is 35.5. The lowest BCUT2D eigenvalue weighted by Crippen LogP contribution is -2.36. The van der Waals surface area contributed by atoms with Crippen molar-refractivity contribution in [3.05, 3.63) is 58.6 Å². The second-order valence-corrected chi connectivity index (χ2v) is 6.30. The summed E-state index contributed by atoms with van der Waals surface area (Å²) in [5, 5.41) is 3.33. The first kappa shape index (κ1) is 20.6. The van der Waals surface area contributed by atoms with Crippen LogP contribution in [0.5, 0.6) is 11.5 Å². The number of esters is 1. The van der Waals surface area contributed by atoms with E-state index >= 15 is 0 Å². The fraction of sp³-hybridized carbons (Fsp3) is 0.300. The molecule has 1 atom stereocenters. The van der Waals surface area contributed by atoms with Crippen molar-refractivity contribution in [3.8, 4) is 11.5 Å². The predicted molar refractivity (Wildman–Crippen MR) is 102 cm³/mol. The molecule has 27 heavy (non-hydrogen) atoms. The molecule has 7 heteroatoms. The number of hydrogen-bond donors (Lipinski definition) is 1. The fourth-order valence-corrected chi connectivity index (χ4v) is 2.33. The lowest BCUT2D eigenvalue weighted by atomic mass is 10.2. The Kier molecular flexibility index (Phi) is 7.49. The summed E-state index contributed by atoms with van der Waals surface area (Å²) in [6.07, 6.45) is -0.925. The van der Waals surface area contributed by atoms with Crippen molar-refractivity contribution in [2.45, 2.75) is 26.5 Å². The molecule has 6 nitrogen and oxygen atoms in total. The van der Waals surface area contributed by atoms with Crippen LogP contribution in [0, 0.1) is 6.92 Å². The monoisotopic (exact) mass is 391 g/mol. The van der Waals surface area contributed by atoms with Gasteiger partial charge in [-0.15, -0.1) is 0 Å². The Morgan fingerprint density at radius 3 is 2.41 bits per heavy atom. The van der Waals surface area contributed by atoms with Crippen molar-refractivity contribution in [1.82, 2.24) is 5.32 Å². The van der Waals surface area contributed by atoms with Crippen LogP contribution in [-0.4, -0.2) is 31.7 Å². The predicted octanol–water partition coefficient (Wildman–Crippen LogP) is 3.28. The van der Waals surface area contributed by atoms with Crippen LogP contribution in [-0.2, 0) is 20.9 Å². The SMILES string of the molecule is COc1ccc(CNC(=O)[C@@H](C)OC(=O)COc2ccc(Cl)c(C)c2)cc1. The van der Waals surface area contributed by atoms with E-state index in [1.165, 1.54) is 6.92 Å². The highest BCUT2D eigenvalue weighted by Crippen LogP contribution is 2.21. The minimum absolute atomic E-state index is 0.294. The number of benzene rings is 2. The molecule has 0 aliphatic heterocycles. The second kappa shape index (κ2) is 9.83. The fourth-order valence-electron chi connectivity index (χ4n) is 2.21. The van der Waals surface area contributed by atoms with Gasteiger partial charge in [0.2, 0.25) is 0 Å². The van der Waals surface area contributed by atoms with Crippen LogP contribution < -0.4 is 14.8 Å². The molecule has 0 aromatic heterocycles. The van der Waals surface area contributed by atoms with E-state index in [1.54, 1.807) is 37.4 Å². The van der Waals surface area contributed by atoms with Crippen LogP contribution in [0.25, 0.3) is 0 Å². The van der Waals surface area contributed by atoms with E-state index in [2.05, 4.69) is 5.32 Å². The molecule has 2 rings (SSSR count). The van der Waals surface area contributed by atoms with E-state index in [0.717, 1.165) is 16.9 Å². The molecule has 0 fully saturated rings. The zero-order chi connectivity index (χ0) is 19.8. The third-order valence-corrected chi connectivity index (χ3v) is 4.21. The van der Waals surface area contributed by atoms with Gasteiger partial charge in [0.05, 0.1) is 7.11 Å². The van der Waals surface area contributed by atoms with Gasteiger partial charge in [0.15, 0.2) is 12.7 Å². The van der Waals surface area contributed by atoms with E-state index in [-0.39, 0.29) is 12.5 Å². The lowest BCUT2D eigenvalue weighted by Gasteiger charge is -2.14. The first-order valence-corrected chi connectivity index (χ1v) is 8.76. The summed E-state index contributed by atoms with van der Waals surface area (Å²) in [5.74, 6) is 0.227. The van der Waals surface area contributed by atoms with Crippen molar-refractivity contribution in [1.29, 1.82) is 0 Å². The highest BCUT2D eigenvalue weighted by Gasteiger charge is 2.18. The Balaban J connectivity index is 1.75. The third kappa shape index (κ3) is 6.49. The van der Waals surface area contributed by atoms with Crippen LogP contribution in [0.3, 0.4) is 0 Å². The van der Waals surface area contributed by atoms with Crippen LogP contribution in [0.15, 0.2) is 42.5 Å². The minimum atomic E-state index is -0.925. The third-order valence-electron chi connectivity index (χ3n) is 3.79. The standard InChI is InChI=1S/C20H22ClNO5/c1-13-10-17(8-9-18(13)21)26-12-19(23)27-14(2)20(24)22-11-15-4-6-16(25-3)7-5-15/h4-10,14H,11-12H2,1-3H3,(H,22,24)/t14-/m1/s1. The smallest absolute Gasteiger partial charge is 0.344 e. The second-order valence-electron chi connectivity index (χ2n) is 5.90. The number of carbonyl (C=O) groups excluding carboxylic acids is 2. The summed E-state index contributed by atoms with van der Waals surface area (Å²) in [6.45, 7) is 3.37. The Bertz CT molecular complexity index is 791. The number of nitrogens with one attached hydrogen (secondary N) is 1. The molecular formula is C20H22ClNO5. The molecule has 0 heterocycles. The molecule has 144 valence electrons. The average molecular weight is 392 g/mol. The van der Waals surface area contributed by atoms with Crippen molar-refractivity contribution < 1.29 is 23.8 Å². The van der Waals surface area contributed by atoms with E-state index in [9.17, 15) is 9.59 Å². The Hall–Kier alpha value is -2.73. The minimum Gasteiger partial charge on any atom is -0.497 e. The molecular weight excluding hydrogens is 370 g/mol. The Morgan fingerprint density at radius 2 is 1.78 bits per heavy atom. The highest BCUT2D eigenvalue weighted by molar-refractivity contribution is 6.31. The van der Waals surface area contributed by atoms with Crippen LogP contribution in [0.4, 0.5) is 0 Å². The van der Waals surface area contributed by atoms with Gasteiger partial charge in [0, 0.05) is 11.6 Å². The van der Waals surface area contributed by atoms with Crippen molar-refractivity contribution in [2.24, 2.45) is 0 Å². The molecule has 2 aromatic rings. The maximum absolute atomic E-state index is 12.1. The lowest BCUT2D eigenvalue weighted by molar-refractivity contribution is -0.156. The Morgan fingerprint density at radius 1 is 1.11 bits per heavy atom. The number of amides is 1. The summed E-state index contributed by atoms with van der Waals surface area (Å²) in [6, 6.07) is 12.4. The molecule has 0 saturated carbocycles. The number of aryl methyl sites for hydroxylation is 1. The number of halogens is 1. The van der Waals surface area contributed by atoms with E-state index in [0.29, 0.717) is 17.3 Å². The van der Waals surface area contributed by atoms with Gasteiger partial charge in [0.25, 0.3) is 5.91 Å². The van der Waals surface area contributed by atoms with Crippen LogP contribution >= 0.6 is 11.6 Å². The zero-order valence-corrected chi connectivity index (χ0v) is 16.2. The normalized spacial score (nSPS) is 11.4. The first-order chi connectivity index (χ1) is 12.9. The topological polar surface area (TPSA) is 73.9 Å². The molecule has 0 radical (unpaired) electrons. The molecule has 1 N–H and O–H groups in total. The van der Waals surface area contributed by atoms with Crippen LogP contribution in [0.2, 0.25) is 5.02 Å². The van der Waals surface area contributed by atoms with Gasteiger partial charge in [-0.25, -0.2) is 4.79 Å². The maximum Gasteiger partial charge on any atom is 0.344 e. The van der Waals surface area contributed by atoms with E-state index < -0.39 is 12.1 Å². The first-order valence-electron chi connectivity index (χ1n) is 8.38.